The molecule has 0 amide bonds. The van der Waals surface area contributed by atoms with Gasteiger partial charge >= 0.3 is 0 Å². The third-order valence-electron chi connectivity index (χ3n) is 3.83. The van der Waals surface area contributed by atoms with Gasteiger partial charge in [0.1, 0.15) is 0 Å². The lowest BCUT2D eigenvalue weighted by Gasteiger charge is -2.27. The Hall–Kier alpha value is -0.0400. The average Bonchev–Trinajstić information content (AvgIpc) is 2.27. The zero-order valence-corrected chi connectivity index (χ0v) is 12.0. The molecule has 0 aliphatic heterocycles. The van der Waals surface area contributed by atoms with Crippen molar-refractivity contribution >= 4 is 0 Å². The summed E-state index contributed by atoms with van der Waals surface area (Å²) in [5, 5.41) is 9.64. The van der Waals surface area contributed by atoms with Gasteiger partial charge in [-0.05, 0) is 43.4 Å². The largest absolute Gasteiger partial charge is 0.393 e. The highest BCUT2D eigenvalue weighted by molar-refractivity contribution is 4.71. The number of hydrogen-bond acceptors (Lipinski definition) is 1. The number of hydrogen-bond donors (Lipinski definition) is 1. The van der Waals surface area contributed by atoms with E-state index in [0.29, 0.717) is 0 Å². The minimum Gasteiger partial charge on any atom is -0.393 e. The van der Waals surface area contributed by atoms with E-state index in [4.69, 9.17) is 0 Å². The van der Waals surface area contributed by atoms with Gasteiger partial charge in [0.15, 0.2) is 0 Å². The lowest BCUT2D eigenvalue weighted by Crippen LogP contribution is -2.18. The number of aliphatic hydroxyl groups excluding tert-OH is 1. The van der Waals surface area contributed by atoms with Crippen molar-refractivity contribution in [3.8, 4) is 0 Å². The molecule has 1 nitrogen and oxygen atoms in total. The molecule has 0 saturated heterocycles. The molecule has 0 aliphatic rings. The molecule has 1 N–H and O–H groups in total. The van der Waals surface area contributed by atoms with Gasteiger partial charge < -0.3 is 5.11 Å². The Morgan fingerprint density at radius 2 is 1.38 bits per heavy atom. The molecule has 98 valence electrons. The number of rotatable bonds is 9. The number of aliphatic hydroxyl groups is 1. The Bertz CT molecular complexity index is 154. The van der Waals surface area contributed by atoms with Gasteiger partial charge in [-0.3, -0.25) is 0 Å². The second-order valence-corrected chi connectivity index (χ2v) is 5.61. The monoisotopic (exact) mass is 228 g/mol. The third-order valence-corrected chi connectivity index (χ3v) is 3.83. The van der Waals surface area contributed by atoms with Gasteiger partial charge in [-0.15, -0.1) is 0 Å². The maximum absolute atomic E-state index is 9.64. The van der Waals surface area contributed by atoms with Gasteiger partial charge in [-0.2, -0.15) is 0 Å². The topological polar surface area (TPSA) is 20.2 Å². The zero-order valence-electron chi connectivity index (χ0n) is 12.0. The van der Waals surface area contributed by atoms with Gasteiger partial charge in [0.05, 0.1) is 6.10 Å². The van der Waals surface area contributed by atoms with E-state index in [9.17, 15) is 5.11 Å². The van der Waals surface area contributed by atoms with Crippen LogP contribution < -0.4 is 0 Å². The van der Waals surface area contributed by atoms with Crippen LogP contribution >= 0.6 is 0 Å². The van der Waals surface area contributed by atoms with Crippen LogP contribution in [0.5, 0.6) is 0 Å². The molecule has 0 aromatic carbocycles. The molecule has 0 fully saturated rings. The summed E-state index contributed by atoms with van der Waals surface area (Å²) in [6.45, 7) is 11.3. The molecule has 0 saturated carbocycles. The van der Waals surface area contributed by atoms with Crippen LogP contribution in [0.25, 0.3) is 0 Å². The standard InChI is InChI=1S/C15H32O/c1-6-13(9-10-15(16)8-3)14(7-2)11-12(4)5/h12-16H,6-11H2,1-5H3. The van der Waals surface area contributed by atoms with Crippen molar-refractivity contribution in [3.63, 3.8) is 0 Å². The smallest absolute Gasteiger partial charge is 0.0537 e. The van der Waals surface area contributed by atoms with Crippen molar-refractivity contribution in [2.24, 2.45) is 17.8 Å². The van der Waals surface area contributed by atoms with E-state index in [0.717, 1.165) is 30.6 Å². The van der Waals surface area contributed by atoms with Gasteiger partial charge in [-0.25, -0.2) is 0 Å². The molecular weight excluding hydrogens is 196 g/mol. The first-order valence-corrected chi connectivity index (χ1v) is 7.23. The normalized spacial score (nSPS) is 17.4. The summed E-state index contributed by atoms with van der Waals surface area (Å²) in [7, 11) is 0. The minimum atomic E-state index is -0.0781. The van der Waals surface area contributed by atoms with E-state index < -0.39 is 0 Å². The van der Waals surface area contributed by atoms with Crippen molar-refractivity contribution in [3.05, 3.63) is 0 Å². The van der Waals surface area contributed by atoms with Crippen molar-refractivity contribution in [1.82, 2.24) is 0 Å². The minimum absolute atomic E-state index is 0.0781. The summed E-state index contributed by atoms with van der Waals surface area (Å²) in [5.74, 6) is 2.47. The van der Waals surface area contributed by atoms with Crippen molar-refractivity contribution in [2.75, 3.05) is 0 Å². The maximum atomic E-state index is 9.64. The molecule has 0 spiro atoms. The first-order chi connectivity index (χ1) is 7.54. The van der Waals surface area contributed by atoms with Gasteiger partial charge in [-0.1, -0.05) is 47.5 Å². The fourth-order valence-electron chi connectivity index (χ4n) is 2.68. The fourth-order valence-corrected chi connectivity index (χ4v) is 2.68. The van der Waals surface area contributed by atoms with E-state index in [1.54, 1.807) is 0 Å². The molecule has 3 unspecified atom stereocenters. The molecule has 0 aromatic rings. The Labute approximate surface area is 103 Å². The average molecular weight is 228 g/mol. The summed E-state index contributed by atoms with van der Waals surface area (Å²) in [6, 6.07) is 0. The molecular formula is C15H32O. The van der Waals surface area contributed by atoms with Crippen LogP contribution in [-0.4, -0.2) is 11.2 Å². The van der Waals surface area contributed by atoms with E-state index in [2.05, 4.69) is 34.6 Å². The Morgan fingerprint density at radius 1 is 0.812 bits per heavy atom. The highest BCUT2D eigenvalue weighted by atomic mass is 16.3. The summed E-state index contributed by atoms with van der Waals surface area (Å²) >= 11 is 0. The summed E-state index contributed by atoms with van der Waals surface area (Å²) in [6.07, 6.45) is 6.92. The van der Waals surface area contributed by atoms with Crippen LogP contribution in [0, 0.1) is 17.8 Å². The van der Waals surface area contributed by atoms with Gasteiger partial charge in [0, 0.05) is 0 Å². The quantitative estimate of drug-likeness (QED) is 0.609. The van der Waals surface area contributed by atoms with E-state index in [1.165, 1.54) is 25.7 Å². The SMILES string of the molecule is CCC(O)CCC(CC)C(CC)CC(C)C. The van der Waals surface area contributed by atoms with Gasteiger partial charge in [0.2, 0.25) is 0 Å². The molecule has 0 heterocycles. The predicted octanol–water partition coefficient (Wildman–Crippen LogP) is 4.64. The Kier molecular flexibility index (Phi) is 9.02. The molecule has 3 atom stereocenters. The first kappa shape index (κ1) is 16.0. The van der Waals surface area contributed by atoms with Crippen LogP contribution in [0.4, 0.5) is 0 Å². The lowest BCUT2D eigenvalue weighted by atomic mass is 9.79. The van der Waals surface area contributed by atoms with E-state index >= 15 is 0 Å². The summed E-state index contributed by atoms with van der Waals surface area (Å²) < 4.78 is 0. The molecule has 0 bridgehead atoms. The highest BCUT2D eigenvalue weighted by Crippen LogP contribution is 2.30. The van der Waals surface area contributed by atoms with Gasteiger partial charge in [0.25, 0.3) is 0 Å². The Balaban J connectivity index is 4.10. The van der Waals surface area contributed by atoms with Crippen LogP contribution in [0.1, 0.15) is 73.1 Å². The fraction of sp³-hybridized carbons (Fsp3) is 1.00. The molecule has 0 radical (unpaired) electrons. The van der Waals surface area contributed by atoms with E-state index in [1.807, 2.05) is 0 Å². The zero-order chi connectivity index (χ0) is 12.6. The lowest BCUT2D eigenvalue weighted by molar-refractivity contribution is 0.137. The van der Waals surface area contributed by atoms with Crippen LogP contribution in [0.2, 0.25) is 0 Å². The Morgan fingerprint density at radius 3 is 1.75 bits per heavy atom. The van der Waals surface area contributed by atoms with Crippen LogP contribution in [-0.2, 0) is 0 Å². The molecule has 0 aromatic heterocycles. The van der Waals surface area contributed by atoms with Crippen molar-refractivity contribution in [2.45, 2.75) is 79.2 Å². The van der Waals surface area contributed by atoms with Crippen LogP contribution in [0.15, 0.2) is 0 Å². The second kappa shape index (κ2) is 9.04. The van der Waals surface area contributed by atoms with Crippen molar-refractivity contribution in [1.29, 1.82) is 0 Å². The molecule has 16 heavy (non-hydrogen) atoms. The first-order valence-electron chi connectivity index (χ1n) is 7.23. The maximum Gasteiger partial charge on any atom is 0.0537 e. The predicted molar refractivity (Wildman–Crippen MR) is 72.5 cm³/mol. The molecule has 0 aliphatic carbocycles. The van der Waals surface area contributed by atoms with Crippen LogP contribution in [0.3, 0.4) is 0 Å². The van der Waals surface area contributed by atoms with Crippen molar-refractivity contribution < 1.29 is 5.11 Å². The molecule has 1 heteroatoms. The highest BCUT2D eigenvalue weighted by Gasteiger charge is 2.20. The molecule has 0 rings (SSSR count). The second-order valence-electron chi connectivity index (χ2n) is 5.61. The summed E-state index contributed by atoms with van der Waals surface area (Å²) in [4.78, 5) is 0. The summed E-state index contributed by atoms with van der Waals surface area (Å²) in [5.41, 5.74) is 0. The van der Waals surface area contributed by atoms with E-state index in [-0.39, 0.29) is 6.10 Å². The third kappa shape index (κ3) is 6.52.